The average Bonchev–Trinajstić information content (AvgIpc) is 2.44. The molecular formula is C14H20N4O. The fourth-order valence-electron chi connectivity index (χ4n) is 2.77. The van der Waals surface area contributed by atoms with Crippen molar-refractivity contribution < 1.29 is 4.79 Å². The Hall–Kier alpha value is -1.49. The Kier molecular flexibility index (Phi) is 3.73. The number of amides is 1. The van der Waals surface area contributed by atoms with Crippen LogP contribution in [0.3, 0.4) is 0 Å². The standard InChI is InChI=1S/C14H20N4O/c19-14(13-8-15-11-16-9-13)18-6-4-17(5-7-18)10-12-2-1-3-12/h8-9,11-12H,1-7,10H2. The van der Waals surface area contributed by atoms with Gasteiger partial charge in [-0.15, -0.1) is 0 Å². The van der Waals surface area contributed by atoms with E-state index in [1.165, 1.54) is 32.1 Å². The van der Waals surface area contributed by atoms with Crippen molar-refractivity contribution in [1.82, 2.24) is 19.8 Å². The lowest BCUT2D eigenvalue weighted by molar-refractivity contribution is 0.0590. The molecule has 0 bridgehead atoms. The number of piperazine rings is 1. The fourth-order valence-corrected chi connectivity index (χ4v) is 2.77. The van der Waals surface area contributed by atoms with E-state index in [0.717, 1.165) is 32.1 Å². The lowest BCUT2D eigenvalue weighted by Crippen LogP contribution is -2.50. The molecule has 1 saturated heterocycles. The van der Waals surface area contributed by atoms with Crippen LogP contribution in [0.4, 0.5) is 0 Å². The SMILES string of the molecule is O=C(c1cncnc1)N1CCN(CC2CCC2)CC1. The number of nitrogens with zero attached hydrogens (tertiary/aromatic N) is 4. The van der Waals surface area contributed by atoms with E-state index in [1.54, 1.807) is 12.4 Å². The van der Waals surface area contributed by atoms with Gasteiger partial charge in [-0.2, -0.15) is 0 Å². The Labute approximate surface area is 113 Å². The second-order valence-electron chi connectivity index (χ2n) is 5.52. The third-order valence-corrected chi connectivity index (χ3v) is 4.21. The van der Waals surface area contributed by atoms with Crippen LogP contribution in [0.1, 0.15) is 29.6 Å². The van der Waals surface area contributed by atoms with Gasteiger partial charge in [-0.05, 0) is 18.8 Å². The summed E-state index contributed by atoms with van der Waals surface area (Å²) in [7, 11) is 0. The predicted octanol–water partition coefficient (Wildman–Crippen LogP) is 1.03. The summed E-state index contributed by atoms with van der Waals surface area (Å²) in [5.74, 6) is 0.966. The molecule has 0 spiro atoms. The molecule has 1 aliphatic carbocycles. The predicted molar refractivity (Wildman–Crippen MR) is 71.7 cm³/mol. The van der Waals surface area contributed by atoms with Crippen LogP contribution in [0.15, 0.2) is 18.7 Å². The van der Waals surface area contributed by atoms with Crippen molar-refractivity contribution in [2.45, 2.75) is 19.3 Å². The van der Waals surface area contributed by atoms with Crippen molar-refractivity contribution in [1.29, 1.82) is 0 Å². The zero-order valence-corrected chi connectivity index (χ0v) is 11.2. The molecule has 1 aromatic rings. The van der Waals surface area contributed by atoms with Gasteiger partial charge in [-0.1, -0.05) is 6.42 Å². The van der Waals surface area contributed by atoms with E-state index in [2.05, 4.69) is 14.9 Å². The van der Waals surface area contributed by atoms with Gasteiger partial charge in [0, 0.05) is 45.1 Å². The first-order valence-corrected chi connectivity index (χ1v) is 7.09. The van der Waals surface area contributed by atoms with Crippen molar-refractivity contribution in [2.24, 2.45) is 5.92 Å². The molecule has 1 aromatic heterocycles. The van der Waals surface area contributed by atoms with Crippen molar-refractivity contribution in [3.05, 3.63) is 24.3 Å². The largest absolute Gasteiger partial charge is 0.336 e. The highest BCUT2D eigenvalue weighted by molar-refractivity contribution is 5.93. The Balaban J connectivity index is 1.50. The summed E-state index contributed by atoms with van der Waals surface area (Å²) < 4.78 is 0. The molecule has 19 heavy (non-hydrogen) atoms. The van der Waals surface area contributed by atoms with Crippen LogP contribution in [0.5, 0.6) is 0 Å². The number of hydrogen-bond acceptors (Lipinski definition) is 4. The maximum Gasteiger partial charge on any atom is 0.257 e. The van der Waals surface area contributed by atoms with Gasteiger partial charge < -0.3 is 4.90 Å². The van der Waals surface area contributed by atoms with E-state index in [4.69, 9.17) is 0 Å². The summed E-state index contributed by atoms with van der Waals surface area (Å²) in [6, 6.07) is 0. The minimum absolute atomic E-state index is 0.0592. The summed E-state index contributed by atoms with van der Waals surface area (Å²) in [5, 5.41) is 0. The van der Waals surface area contributed by atoms with Crippen LogP contribution < -0.4 is 0 Å². The number of carbonyl (C=O) groups excluding carboxylic acids is 1. The van der Waals surface area contributed by atoms with Crippen molar-refractivity contribution in [3.63, 3.8) is 0 Å². The number of aromatic nitrogens is 2. The van der Waals surface area contributed by atoms with E-state index in [9.17, 15) is 4.79 Å². The summed E-state index contributed by atoms with van der Waals surface area (Å²) in [6.07, 6.45) is 8.82. The molecule has 5 heteroatoms. The molecule has 0 atom stereocenters. The van der Waals surface area contributed by atoms with E-state index < -0.39 is 0 Å². The monoisotopic (exact) mass is 260 g/mol. The number of carbonyl (C=O) groups is 1. The summed E-state index contributed by atoms with van der Waals surface area (Å²) in [4.78, 5) is 24.4. The van der Waals surface area contributed by atoms with E-state index in [-0.39, 0.29) is 5.91 Å². The molecule has 102 valence electrons. The van der Waals surface area contributed by atoms with Gasteiger partial charge in [0.2, 0.25) is 0 Å². The lowest BCUT2D eigenvalue weighted by atomic mass is 9.85. The van der Waals surface area contributed by atoms with Crippen molar-refractivity contribution in [3.8, 4) is 0 Å². The van der Waals surface area contributed by atoms with Gasteiger partial charge in [-0.25, -0.2) is 9.97 Å². The van der Waals surface area contributed by atoms with Gasteiger partial charge >= 0.3 is 0 Å². The molecule has 2 aliphatic rings. The van der Waals surface area contributed by atoms with Gasteiger partial charge in [0.1, 0.15) is 6.33 Å². The molecule has 3 rings (SSSR count). The summed E-state index contributed by atoms with van der Waals surface area (Å²) in [6.45, 7) is 4.85. The normalized spacial score (nSPS) is 21.2. The van der Waals surface area contributed by atoms with E-state index in [1.807, 2.05) is 4.90 Å². The fraction of sp³-hybridized carbons (Fsp3) is 0.643. The van der Waals surface area contributed by atoms with Crippen LogP contribution in [0.2, 0.25) is 0 Å². The maximum absolute atomic E-state index is 12.2. The molecule has 2 heterocycles. The molecular weight excluding hydrogens is 240 g/mol. The van der Waals surface area contributed by atoms with Crippen LogP contribution in [0.25, 0.3) is 0 Å². The molecule has 0 N–H and O–H groups in total. The smallest absolute Gasteiger partial charge is 0.257 e. The molecule has 1 amide bonds. The Morgan fingerprint density at radius 2 is 1.84 bits per heavy atom. The molecule has 0 radical (unpaired) electrons. The second-order valence-corrected chi connectivity index (χ2v) is 5.52. The Bertz CT molecular complexity index is 424. The highest BCUT2D eigenvalue weighted by Crippen LogP contribution is 2.27. The van der Waals surface area contributed by atoms with Crippen LogP contribution >= 0.6 is 0 Å². The molecule has 5 nitrogen and oxygen atoms in total. The number of hydrogen-bond donors (Lipinski definition) is 0. The van der Waals surface area contributed by atoms with Gasteiger partial charge in [-0.3, -0.25) is 9.69 Å². The van der Waals surface area contributed by atoms with E-state index >= 15 is 0 Å². The molecule has 0 unspecified atom stereocenters. The highest BCUT2D eigenvalue weighted by Gasteiger charge is 2.25. The first-order valence-electron chi connectivity index (χ1n) is 7.09. The van der Waals surface area contributed by atoms with Crippen LogP contribution in [0, 0.1) is 5.92 Å². The van der Waals surface area contributed by atoms with Gasteiger partial charge in [0.25, 0.3) is 5.91 Å². The Morgan fingerprint density at radius 1 is 1.16 bits per heavy atom. The van der Waals surface area contributed by atoms with Crippen molar-refractivity contribution >= 4 is 5.91 Å². The van der Waals surface area contributed by atoms with Crippen LogP contribution in [-0.2, 0) is 0 Å². The maximum atomic E-state index is 12.2. The molecule has 1 aliphatic heterocycles. The minimum atomic E-state index is 0.0592. The molecule has 2 fully saturated rings. The zero-order valence-electron chi connectivity index (χ0n) is 11.2. The average molecular weight is 260 g/mol. The topological polar surface area (TPSA) is 49.3 Å². The second kappa shape index (κ2) is 5.65. The first kappa shape index (κ1) is 12.5. The lowest BCUT2D eigenvalue weighted by Gasteiger charge is -2.38. The highest BCUT2D eigenvalue weighted by atomic mass is 16.2. The Morgan fingerprint density at radius 3 is 2.42 bits per heavy atom. The summed E-state index contributed by atoms with van der Waals surface area (Å²) >= 11 is 0. The molecule has 1 saturated carbocycles. The number of rotatable bonds is 3. The zero-order chi connectivity index (χ0) is 13.1. The van der Waals surface area contributed by atoms with Crippen LogP contribution in [-0.4, -0.2) is 58.4 Å². The van der Waals surface area contributed by atoms with Crippen molar-refractivity contribution in [2.75, 3.05) is 32.7 Å². The minimum Gasteiger partial charge on any atom is -0.336 e. The quantitative estimate of drug-likeness (QED) is 0.814. The van der Waals surface area contributed by atoms with Gasteiger partial charge in [0.15, 0.2) is 0 Å². The molecule has 0 aromatic carbocycles. The van der Waals surface area contributed by atoms with E-state index in [0.29, 0.717) is 5.56 Å². The third-order valence-electron chi connectivity index (χ3n) is 4.21. The third kappa shape index (κ3) is 2.92. The summed E-state index contributed by atoms with van der Waals surface area (Å²) in [5.41, 5.74) is 0.593. The first-order chi connectivity index (χ1) is 9.33. The van der Waals surface area contributed by atoms with Gasteiger partial charge in [0.05, 0.1) is 5.56 Å².